The molecule has 0 aliphatic heterocycles. The van der Waals surface area contributed by atoms with E-state index in [0.717, 1.165) is 11.1 Å². The maximum Gasteiger partial charge on any atom is 0.310 e. The molecule has 0 fully saturated rings. The average Bonchev–Trinajstić information content (AvgIpc) is 2.54. The Morgan fingerprint density at radius 2 is 1.95 bits per heavy atom. The third-order valence-electron chi connectivity index (χ3n) is 3.13. The van der Waals surface area contributed by atoms with Crippen molar-refractivity contribution >= 4 is 5.97 Å². The number of hydrogen-bond donors (Lipinski definition) is 1. The second-order valence-corrected chi connectivity index (χ2v) is 4.99. The van der Waals surface area contributed by atoms with Gasteiger partial charge in [-0.1, -0.05) is 43.3 Å². The number of pyridine rings is 1. The van der Waals surface area contributed by atoms with E-state index in [4.69, 9.17) is 4.74 Å². The molecule has 0 amide bonds. The van der Waals surface area contributed by atoms with Crippen LogP contribution in [0.25, 0.3) is 0 Å². The topological polar surface area (TPSA) is 51.2 Å². The van der Waals surface area contributed by atoms with Gasteiger partial charge in [-0.3, -0.25) is 9.78 Å². The predicted octanol–water partition coefficient (Wildman–Crippen LogP) is 2.55. The van der Waals surface area contributed by atoms with Crippen LogP contribution in [0.15, 0.2) is 54.9 Å². The van der Waals surface area contributed by atoms with E-state index >= 15 is 0 Å². The van der Waals surface area contributed by atoms with Gasteiger partial charge in [-0.2, -0.15) is 0 Å². The fourth-order valence-electron chi connectivity index (χ4n) is 1.89. The first-order valence-corrected chi connectivity index (χ1v) is 7.06. The van der Waals surface area contributed by atoms with Gasteiger partial charge in [0.2, 0.25) is 0 Å². The van der Waals surface area contributed by atoms with Gasteiger partial charge in [0.1, 0.15) is 6.61 Å². The number of benzene rings is 1. The fraction of sp³-hybridized carbons (Fsp3) is 0.294. The van der Waals surface area contributed by atoms with Crippen molar-refractivity contribution in [3.63, 3.8) is 0 Å². The lowest BCUT2D eigenvalue weighted by atomic mass is 10.2. The zero-order chi connectivity index (χ0) is 14.9. The summed E-state index contributed by atoms with van der Waals surface area (Å²) in [7, 11) is 0. The van der Waals surface area contributed by atoms with Gasteiger partial charge >= 0.3 is 5.97 Å². The minimum atomic E-state index is -0.183. The van der Waals surface area contributed by atoms with Crippen molar-refractivity contribution < 1.29 is 9.53 Å². The highest BCUT2D eigenvalue weighted by Crippen LogP contribution is 2.04. The molecule has 4 nitrogen and oxygen atoms in total. The van der Waals surface area contributed by atoms with Crippen molar-refractivity contribution in [1.82, 2.24) is 10.3 Å². The van der Waals surface area contributed by atoms with Crippen molar-refractivity contribution in [3.05, 3.63) is 66.0 Å². The van der Waals surface area contributed by atoms with E-state index in [0.29, 0.717) is 19.7 Å². The minimum absolute atomic E-state index is 0.176. The zero-order valence-corrected chi connectivity index (χ0v) is 12.2. The van der Waals surface area contributed by atoms with E-state index < -0.39 is 0 Å². The third-order valence-corrected chi connectivity index (χ3v) is 3.13. The lowest BCUT2D eigenvalue weighted by Gasteiger charge is -2.12. The van der Waals surface area contributed by atoms with Crippen LogP contribution in [-0.4, -0.2) is 17.5 Å². The smallest absolute Gasteiger partial charge is 0.310 e. The summed E-state index contributed by atoms with van der Waals surface area (Å²) >= 11 is 0. The molecule has 1 atom stereocenters. The zero-order valence-electron chi connectivity index (χ0n) is 12.2. The van der Waals surface area contributed by atoms with E-state index in [1.54, 1.807) is 6.20 Å². The number of esters is 1. The van der Waals surface area contributed by atoms with Crippen molar-refractivity contribution in [1.29, 1.82) is 0 Å². The molecule has 4 heteroatoms. The molecule has 1 aromatic heterocycles. The van der Waals surface area contributed by atoms with Gasteiger partial charge in [-0.25, -0.2) is 0 Å². The summed E-state index contributed by atoms with van der Waals surface area (Å²) in [6, 6.07) is 13.6. The molecular weight excluding hydrogens is 264 g/mol. The van der Waals surface area contributed by atoms with E-state index in [1.165, 1.54) is 0 Å². The molecule has 0 saturated heterocycles. The average molecular weight is 284 g/mol. The molecule has 1 N–H and O–H groups in total. The molecule has 0 aliphatic rings. The number of nitrogens with zero attached hydrogens (tertiary/aromatic N) is 1. The number of hydrogen-bond acceptors (Lipinski definition) is 4. The Morgan fingerprint density at radius 1 is 1.19 bits per heavy atom. The normalized spacial score (nSPS) is 11.9. The summed E-state index contributed by atoms with van der Waals surface area (Å²) in [5.74, 6) is -0.358. The summed E-state index contributed by atoms with van der Waals surface area (Å²) in [5, 5.41) is 3.24. The van der Waals surface area contributed by atoms with E-state index in [-0.39, 0.29) is 11.9 Å². The molecule has 0 aliphatic carbocycles. The van der Waals surface area contributed by atoms with Crippen molar-refractivity contribution in [2.45, 2.75) is 20.1 Å². The molecular formula is C17H20N2O2. The lowest BCUT2D eigenvalue weighted by molar-refractivity contribution is -0.149. The second-order valence-electron chi connectivity index (χ2n) is 4.99. The van der Waals surface area contributed by atoms with Gasteiger partial charge < -0.3 is 10.1 Å². The first-order chi connectivity index (χ1) is 10.3. The molecule has 21 heavy (non-hydrogen) atoms. The van der Waals surface area contributed by atoms with Gasteiger partial charge in [0.15, 0.2) is 0 Å². The van der Waals surface area contributed by atoms with Crippen LogP contribution < -0.4 is 5.32 Å². The predicted molar refractivity (Wildman–Crippen MR) is 81.3 cm³/mol. The Bertz CT molecular complexity index is 543. The molecule has 0 bridgehead atoms. The summed E-state index contributed by atoms with van der Waals surface area (Å²) in [6.45, 7) is 3.48. The Kier molecular flexibility index (Phi) is 5.91. The van der Waals surface area contributed by atoms with Crippen LogP contribution >= 0.6 is 0 Å². The highest BCUT2D eigenvalue weighted by Gasteiger charge is 2.13. The molecule has 1 aromatic carbocycles. The number of rotatable bonds is 7. The van der Waals surface area contributed by atoms with Crippen LogP contribution in [0.4, 0.5) is 0 Å². The van der Waals surface area contributed by atoms with Crippen molar-refractivity contribution in [2.24, 2.45) is 5.92 Å². The first-order valence-electron chi connectivity index (χ1n) is 7.06. The standard InChI is InChI=1S/C17H20N2O2/c1-14(10-19-12-16-8-5-9-18-11-16)17(20)21-13-15-6-3-2-4-7-15/h2-9,11,14,19H,10,12-13H2,1H3. The molecule has 2 aromatic rings. The Morgan fingerprint density at radius 3 is 2.67 bits per heavy atom. The van der Waals surface area contributed by atoms with Crippen LogP contribution in [0.5, 0.6) is 0 Å². The van der Waals surface area contributed by atoms with Crippen LogP contribution in [0.2, 0.25) is 0 Å². The van der Waals surface area contributed by atoms with Crippen molar-refractivity contribution in [3.8, 4) is 0 Å². The Labute approximate surface area is 125 Å². The number of nitrogens with one attached hydrogen (secondary N) is 1. The number of carbonyl (C=O) groups is 1. The highest BCUT2D eigenvalue weighted by molar-refractivity contribution is 5.72. The molecule has 2 rings (SSSR count). The van der Waals surface area contributed by atoms with Crippen LogP contribution in [0.3, 0.4) is 0 Å². The van der Waals surface area contributed by atoms with Gasteiger partial charge in [0.25, 0.3) is 0 Å². The maximum absolute atomic E-state index is 11.9. The summed E-state index contributed by atoms with van der Waals surface area (Å²) in [6.07, 6.45) is 3.55. The Balaban J connectivity index is 1.68. The number of aromatic nitrogens is 1. The highest BCUT2D eigenvalue weighted by atomic mass is 16.5. The summed E-state index contributed by atoms with van der Waals surface area (Å²) < 4.78 is 5.30. The molecule has 0 saturated carbocycles. The Hall–Kier alpha value is -2.20. The van der Waals surface area contributed by atoms with E-state index in [2.05, 4.69) is 10.3 Å². The molecule has 1 heterocycles. The third kappa shape index (κ3) is 5.36. The molecule has 1 unspecified atom stereocenters. The number of carbonyl (C=O) groups excluding carboxylic acids is 1. The SMILES string of the molecule is CC(CNCc1cccnc1)C(=O)OCc1ccccc1. The maximum atomic E-state index is 11.9. The second kappa shape index (κ2) is 8.17. The summed E-state index contributed by atoms with van der Waals surface area (Å²) in [5.41, 5.74) is 2.10. The first kappa shape index (κ1) is 15.2. The lowest BCUT2D eigenvalue weighted by Crippen LogP contribution is -2.27. The van der Waals surface area contributed by atoms with Crippen LogP contribution in [0.1, 0.15) is 18.1 Å². The quantitative estimate of drug-likeness (QED) is 0.794. The van der Waals surface area contributed by atoms with Gasteiger partial charge in [0, 0.05) is 25.5 Å². The summed E-state index contributed by atoms with van der Waals surface area (Å²) in [4.78, 5) is 15.9. The van der Waals surface area contributed by atoms with Crippen LogP contribution in [0, 0.1) is 5.92 Å². The number of ether oxygens (including phenoxy) is 1. The molecule has 0 spiro atoms. The van der Waals surface area contributed by atoms with E-state index in [9.17, 15) is 4.79 Å². The monoisotopic (exact) mass is 284 g/mol. The van der Waals surface area contributed by atoms with Crippen molar-refractivity contribution in [2.75, 3.05) is 6.54 Å². The largest absolute Gasteiger partial charge is 0.461 e. The van der Waals surface area contributed by atoms with Gasteiger partial charge in [0.05, 0.1) is 5.92 Å². The fourth-order valence-corrected chi connectivity index (χ4v) is 1.89. The van der Waals surface area contributed by atoms with Gasteiger partial charge in [-0.15, -0.1) is 0 Å². The van der Waals surface area contributed by atoms with Crippen LogP contribution in [-0.2, 0) is 22.7 Å². The van der Waals surface area contributed by atoms with Gasteiger partial charge in [-0.05, 0) is 17.2 Å². The molecule has 0 radical (unpaired) electrons. The molecule has 110 valence electrons. The van der Waals surface area contributed by atoms with E-state index in [1.807, 2.05) is 55.6 Å². The minimum Gasteiger partial charge on any atom is -0.461 e.